The summed E-state index contributed by atoms with van der Waals surface area (Å²) in [5, 5.41) is 4.13. The predicted molar refractivity (Wildman–Crippen MR) is 106 cm³/mol. The summed E-state index contributed by atoms with van der Waals surface area (Å²) in [5.41, 5.74) is 0.686. The molecule has 29 heavy (non-hydrogen) atoms. The maximum absolute atomic E-state index is 5.81. The second-order valence-electron chi connectivity index (χ2n) is 6.73. The number of rotatable bonds is 10. The Hall–Kier alpha value is -2.36. The third-order valence-corrected chi connectivity index (χ3v) is 4.95. The van der Waals surface area contributed by atoms with E-state index >= 15 is 0 Å². The van der Waals surface area contributed by atoms with E-state index in [0.29, 0.717) is 54.3 Å². The Morgan fingerprint density at radius 3 is 2.41 bits per heavy atom. The van der Waals surface area contributed by atoms with Gasteiger partial charge in [-0.2, -0.15) is 4.98 Å². The van der Waals surface area contributed by atoms with Gasteiger partial charge in [0.05, 0.1) is 52.8 Å². The second-order valence-corrected chi connectivity index (χ2v) is 6.73. The average Bonchev–Trinajstić information content (AvgIpc) is 3.22. The van der Waals surface area contributed by atoms with Crippen LogP contribution in [0.4, 0.5) is 0 Å². The van der Waals surface area contributed by atoms with Crippen molar-refractivity contribution in [2.24, 2.45) is 0 Å². The Bertz CT molecular complexity index is 774. The fourth-order valence-electron chi connectivity index (χ4n) is 3.43. The van der Waals surface area contributed by atoms with Crippen molar-refractivity contribution in [2.75, 3.05) is 54.7 Å². The van der Waals surface area contributed by atoms with Crippen molar-refractivity contribution in [1.82, 2.24) is 15.0 Å². The lowest BCUT2D eigenvalue weighted by Gasteiger charge is -2.30. The molecule has 2 aromatic rings. The fraction of sp³-hybridized carbons (Fsp3) is 0.600. The van der Waals surface area contributed by atoms with Crippen LogP contribution in [-0.2, 0) is 16.0 Å². The van der Waals surface area contributed by atoms with E-state index in [1.807, 2.05) is 6.07 Å². The van der Waals surface area contributed by atoms with E-state index in [9.17, 15) is 0 Å². The molecule has 0 amide bonds. The van der Waals surface area contributed by atoms with Crippen LogP contribution in [0.3, 0.4) is 0 Å². The van der Waals surface area contributed by atoms with Crippen LogP contribution in [0.25, 0.3) is 11.4 Å². The molecule has 1 aromatic carbocycles. The number of aromatic nitrogens is 2. The molecule has 1 fully saturated rings. The summed E-state index contributed by atoms with van der Waals surface area (Å²) >= 11 is 0. The summed E-state index contributed by atoms with van der Waals surface area (Å²) < 4.78 is 32.6. The van der Waals surface area contributed by atoms with Crippen LogP contribution >= 0.6 is 0 Å². The molecule has 0 radical (unpaired) electrons. The SMILES string of the molecule is COCCOC1CCN(Cc2nc(-c3ccc(OC)c(OC)c3OC)no2)CC1. The third kappa shape index (κ3) is 5.17. The lowest BCUT2D eigenvalue weighted by atomic mass is 10.1. The molecule has 1 aromatic heterocycles. The number of likely N-dealkylation sites (tertiary alicyclic amines) is 1. The first-order valence-corrected chi connectivity index (χ1v) is 9.65. The maximum atomic E-state index is 5.81. The van der Waals surface area contributed by atoms with Gasteiger partial charge in [-0.3, -0.25) is 4.90 Å². The maximum Gasteiger partial charge on any atom is 0.241 e. The Balaban J connectivity index is 1.63. The van der Waals surface area contributed by atoms with Crippen LogP contribution in [-0.4, -0.2) is 75.9 Å². The Morgan fingerprint density at radius 1 is 1.00 bits per heavy atom. The molecule has 3 rings (SSSR count). The summed E-state index contributed by atoms with van der Waals surface area (Å²) in [6, 6.07) is 3.62. The highest BCUT2D eigenvalue weighted by molar-refractivity contribution is 5.71. The standard InChI is InChI=1S/C20H29N3O6/c1-24-11-12-28-14-7-9-23(10-8-14)13-17-21-20(22-29-17)15-5-6-16(25-2)19(27-4)18(15)26-3/h5-6,14H,7-13H2,1-4H3. The summed E-state index contributed by atoms with van der Waals surface area (Å²) in [6.45, 7) is 3.73. The molecule has 9 nitrogen and oxygen atoms in total. The zero-order valence-corrected chi connectivity index (χ0v) is 17.5. The van der Waals surface area contributed by atoms with Crippen molar-refractivity contribution in [1.29, 1.82) is 0 Å². The molecule has 160 valence electrons. The van der Waals surface area contributed by atoms with Crippen molar-refractivity contribution in [3.8, 4) is 28.6 Å². The normalized spacial score (nSPS) is 15.4. The van der Waals surface area contributed by atoms with Crippen LogP contribution in [0.1, 0.15) is 18.7 Å². The molecule has 9 heteroatoms. The molecular formula is C20H29N3O6. The van der Waals surface area contributed by atoms with Gasteiger partial charge in [0.25, 0.3) is 0 Å². The smallest absolute Gasteiger partial charge is 0.241 e. The summed E-state index contributed by atoms with van der Waals surface area (Å²) in [4.78, 5) is 6.84. The zero-order chi connectivity index (χ0) is 20.6. The first kappa shape index (κ1) is 21.4. The van der Waals surface area contributed by atoms with Crippen molar-refractivity contribution in [2.45, 2.75) is 25.5 Å². The van der Waals surface area contributed by atoms with Crippen LogP contribution in [0.5, 0.6) is 17.2 Å². The molecule has 1 saturated heterocycles. The van der Waals surface area contributed by atoms with Crippen molar-refractivity contribution in [3.63, 3.8) is 0 Å². The molecule has 1 aliphatic heterocycles. The van der Waals surface area contributed by atoms with Gasteiger partial charge in [0.1, 0.15) is 0 Å². The third-order valence-electron chi connectivity index (χ3n) is 4.95. The first-order chi connectivity index (χ1) is 14.2. The Morgan fingerprint density at radius 2 is 1.76 bits per heavy atom. The van der Waals surface area contributed by atoms with Crippen molar-refractivity contribution < 1.29 is 28.2 Å². The molecule has 0 atom stereocenters. The van der Waals surface area contributed by atoms with Gasteiger partial charge in [0, 0.05) is 20.2 Å². The van der Waals surface area contributed by atoms with Gasteiger partial charge in [0.2, 0.25) is 17.5 Å². The highest BCUT2D eigenvalue weighted by Gasteiger charge is 2.23. The van der Waals surface area contributed by atoms with E-state index in [0.717, 1.165) is 25.9 Å². The molecule has 0 aliphatic carbocycles. The van der Waals surface area contributed by atoms with Gasteiger partial charge in [-0.1, -0.05) is 5.16 Å². The number of ether oxygens (including phenoxy) is 5. The van der Waals surface area contributed by atoms with Gasteiger partial charge in [-0.15, -0.1) is 0 Å². The average molecular weight is 407 g/mol. The molecule has 0 unspecified atom stereocenters. The number of piperidine rings is 1. The van der Waals surface area contributed by atoms with Crippen molar-refractivity contribution >= 4 is 0 Å². The highest BCUT2D eigenvalue weighted by atomic mass is 16.5. The van der Waals surface area contributed by atoms with Crippen LogP contribution in [0.2, 0.25) is 0 Å². The minimum Gasteiger partial charge on any atom is -0.493 e. The van der Waals surface area contributed by atoms with Crippen molar-refractivity contribution in [3.05, 3.63) is 18.0 Å². The summed E-state index contributed by atoms with van der Waals surface area (Å²) in [6.07, 6.45) is 2.25. The predicted octanol–water partition coefficient (Wildman–Crippen LogP) is 2.39. The van der Waals surface area contributed by atoms with E-state index in [1.165, 1.54) is 0 Å². The monoisotopic (exact) mass is 407 g/mol. The Kier molecular flexibility index (Phi) is 7.68. The second kappa shape index (κ2) is 10.4. The lowest BCUT2D eigenvalue weighted by Crippen LogP contribution is -2.37. The molecule has 0 bridgehead atoms. The topological polar surface area (TPSA) is 88.3 Å². The van der Waals surface area contributed by atoms with Crippen LogP contribution in [0.15, 0.2) is 16.7 Å². The van der Waals surface area contributed by atoms with E-state index in [2.05, 4.69) is 15.0 Å². The summed E-state index contributed by atoms with van der Waals surface area (Å²) in [5.74, 6) is 2.60. The van der Waals surface area contributed by atoms with Crippen LogP contribution < -0.4 is 14.2 Å². The molecule has 0 N–H and O–H groups in total. The van der Waals surface area contributed by atoms with Crippen LogP contribution in [0, 0.1) is 0 Å². The van der Waals surface area contributed by atoms with Gasteiger partial charge in [-0.05, 0) is 25.0 Å². The molecule has 0 saturated carbocycles. The molecule has 2 heterocycles. The molecular weight excluding hydrogens is 378 g/mol. The quantitative estimate of drug-likeness (QED) is 0.551. The van der Waals surface area contributed by atoms with E-state index in [-0.39, 0.29) is 6.10 Å². The van der Waals surface area contributed by atoms with E-state index in [1.54, 1.807) is 34.5 Å². The van der Waals surface area contributed by atoms with Gasteiger partial charge >= 0.3 is 0 Å². The fourth-order valence-corrected chi connectivity index (χ4v) is 3.43. The zero-order valence-electron chi connectivity index (χ0n) is 17.5. The minimum atomic E-state index is 0.288. The molecule has 1 aliphatic rings. The number of benzene rings is 1. The summed E-state index contributed by atoms with van der Waals surface area (Å²) in [7, 11) is 6.40. The van der Waals surface area contributed by atoms with Gasteiger partial charge in [0.15, 0.2) is 11.5 Å². The largest absolute Gasteiger partial charge is 0.493 e. The van der Waals surface area contributed by atoms with Gasteiger partial charge < -0.3 is 28.2 Å². The highest BCUT2D eigenvalue weighted by Crippen LogP contribution is 2.43. The Labute approximate surface area is 170 Å². The van der Waals surface area contributed by atoms with Gasteiger partial charge in [-0.25, -0.2) is 0 Å². The van der Waals surface area contributed by atoms with E-state index < -0.39 is 0 Å². The number of nitrogens with zero attached hydrogens (tertiary/aromatic N) is 3. The number of methoxy groups -OCH3 is 4. The minimum absolute atomic E-state index is 0.288. The van der Waals surface area contributed by atoms with E-state index in [4.69, 9.17) is 28.2 Å². The first-order valence-electron chi connectivity index (χ1n) is 9.65. The number of hydrogen-bond donors (Lipinski definition) is 0. The lowest BCUT2D eigenvalue weighted by molar-refractivity contribution is -0.0170. The molecule has 0 spiro atoms. The number of hydrogen-bond acceptors (Lipinski definition) is 9.